The first-order valence-corrected chi connectivity index (χ1v) is 7.20. The van der Waals surface area contributed by atoms with Crippen LogP contribution in [0.3, 0.4) is 0 Å². The number of imidazole rings is 1. The summed E-state index contributed by atoms with van der Waals surface area (Å²) in [6.45, 7) is 2.19. The predicted molar refractivity (Wildman–Crippen MR) is 77.4 cm³/mol. The Morgan fingerprint density at radius 2 is 2.32 bits per heavy atom. The van der Waals surface area contributed by atoms with Crippen molar-refractivity contribution in [2.75, 3.05) is 13.2 Å². The highest BCUT2D eigenvalue weighted by Crippen LogP contribution is 2.33. The number of nitrogens with two attached hydrogens (primary N) is 1. The average molecular weight is 322 g/mol. The molecule has 19 heavy (non-hydrogen) atoms. The van der Waals surface area contributed by atoms with Crippen molar-refractivity contribution in [3.63, 3.8) is 0 Å². The van der Waals surface area contributed by atoms with E-state index in [1.54, 1.807) is 0 Å². The van der Waals surface area contributed by atoms with Crippen LogP contribution in [-0.2, 0) is 19.4 Å². The highest BCUT2D eigenvalue weighted by Gasteiger charge is 2.17. The Morgan fingerprint density at radius 1 is 1.42 bits per heavy atom. The van der Waals surface area contributed by atoms with Crippen molar-refractivity contribution in [2.45, 2.75) is 19.4 Å². The molecule has 0 saturated heterocycles. The molecule has 4 nitrogen and oxygen atoms in total. The summed E-state index contributed by atoms with van der Waals surface area (Å²) in [6, 6.07) is 4.26. The molecule has 0 aliphatic carbocycles. The van der Waals surface area contributed by atoms with Crippen LogP contribution >= 0.6 is 15.9 Å². The van der Waals surface area contributed by atoms with Gasteiger partial charge in [-0.1, -0.05) is 15.9 Å². The van der Waals surface area contributed by atoms with Gasteiger partial charge in [-0.25, -0.2) is 4.98 Å². The molecule has 2 aromatic rings. The molecule has 2 heterocycles. The van der Waals surface area contributed by atoms with E-state index in [1.807, 2.05) is 6.33 Å². The number of hydrogen-bond acceptors (Lipinski definition) is 3. The summed E-state index contributed by atoms with van der Waals surface area (Å²) in [6.07, 6.45) is 5.71. The normalized spacial score (nSPS) is 13.4. The first-order chi connectivity index (χ1) is 9.26. The van der Waals surface area contributed by atoms with Crippen LogP contribution in [0.4, 0.5) is 0 Å². The minimum absolute atomic E-state index is 0.631. The van der Waals surface area contributed by atoms with Crippen molar-refractivity contribution in [3.05, 3.63) is 46.0 Å². The van der Waals surface area contributed by atoms with Gasteiger partial charge in [-0.05, 0) is 24.2 Å². The fourth-order valence-corrected chi connectivity index (χ4v) is 2.98. The summed E-state index contributed by atoms with van der Waals surface area (Å²) < 4.78 is 8.92. The number of rotatable bonds is 4. The van der Waals surface area contributed by atoms with E-state index >= 15 is 0 Å². The minimum Gasteiger partial charge on any atom is -0.493 e. The van der Waals surface area contributed by atoms with Crippen LogP contribution in [0.15, 0.2) is 29.1 Å². The molecule has 1 aliphatic heterocycles. The summed E-state index contributed by atoms with van der Waals surface area (Å²) in [5.74, 6) is 1.04. The van der Waals surface area contributed by atoms with E-state index in [0.717, 1.165) is 41.9 Å². The van der Waals surface area contributed by atoms with Gasteiger partial charge in [0, 0.05) is 29.1 Å². The van der Waals surface area contributed by atoms with Gasteiger partial charge in [0.2, 0.25) is 0 Å². The van der Waals surface area contributed by atoms with Crippen LogP contribution in [0, 0.1) is 0 Å². The van der Waals surface area contributed by atoms with E-state index in [4.69, 9.17) is 10.5 Å². The number of halogens is 1. The SMILES string of the molecule is NCCc1cn(Cc2cc(Br)cc3c2OCC3)cn1. The van der Waals surface area contributed by atoms with E-state index in [1.165, 1.54) is 11.1 Å². The molecule has 0 fully saturated rings. The Morgan fingerprint density at radius 3 is 3.16 bits per heavy atom. The molecule has 0 unspecified atom stereocenters. The predicted octanol–water partition coefficient (Wildman–Crippen LogP) is 2.13. The third-order valence-corrected chi connectivity index (χ3v) is 3.72. The molecule has 1 aromatic carbocycles. The molecule has 3 rings (SSSR count). The van der Waals surface area contributed by atoms with Gasteiger partial charge in [-0.3, -0.25) is 0 Å². The molecule has 2 N–H and O–H groups in total. The summed E-state index contributed by atoms with van der Waals surface area (Å²) in [7, 11) is 0. The first kappa shape index (κ1) is 12.7. The zero-order valence-electron chi connectivity index (χ0n) is 10.6. The maximum atomic E-state index is 5.74. The molecular formula is C14H16BrN3O. The molecule has 1 aliphatic rings. The number of aromatic nitrogens is 2. The van der Waals surface area contributed by atoms with E-state index in [0.29, 0.717) is 6.54 Å². The molecule has 0 atom stereocenters. The van der Waals surface area contributed by atoms with Gasteiger partial charge < -0.3 is 15.0 Å². The van der Waals surface area contributed by atoms with Crippen molar-refractivity contribution < 1.29 is 4.74 Å². The van der Waals surface area contributed by atoms with Gasteiger partial charge >= 0.3 is 0 Å². The Balaban J connectivity index is 1.86. The molecule has 1 aromatic heterocycles. The van der Waals surface area contributed by atoms with Crippen molar-refractivity contribution >= 4 is 15.9 Å². The zero-order chi connectivity index (χ0) is 13.2. The molecule has 0 amide bonds. The van der Waals surface area contributed by atoms with Crippen LogP contribution in [0.1, 0.15) is 16.8 Å². The minimum atomic E-state index is 0.631. The lowest BCUT2D eigenvalue weighted by molar-refractivity contribution is 0.352. The van der Waals surface area contributed by atoms with E-state index in [-0.39, 0.29) is 0 Å². The maximum Gasteiger partial charge on any atom is 0.127 e. The van der Waals surface area contributed by atoms with Gasteiger partial charge in [0.25, 0.3) is 0 Å². The Hall–Kier alpha value is -1.33. The van der Waals surface area contributed by atoms with E-state index in [2.05, 4.69) is 43.8 Å². The zero-order valence-corrected chi connectivity index (χ0v) is 12.2. The van der Waals surface area contributed by atoms with Gasteiger partial charge in [0.15, 0.2) is 0 Å². The van der Waals surface area contributed by atoms with Crippen molar-refractivity contribution in [2.24, 2.45) is 5.73 Å². The summed E-state index contributed by atoms with van der Waals surface area (Å²) in [4.78, 5) is 4.35. The van der Waals surface area contributed by atoms with Crippen LogP contribution < -0.4 is 10.5 Å². The van der Waals surface area contributed by atoms with Gasteiger partial charge in [0.1, 0.15) is 5.75 Å². The molecule has 0 spiro atoms. The van der Waals surface area contributed by atoms with Crippen molar-refractivity contribution in [3.8, 4) is 5.75 Å². The number of hydrogen-bond donors (Lipinski definition) is 1. The lowest BCUT2D eigenvalue weighted by Crippen LogP contribution is -2.03. The largest absolute Gasteiger partial charge is 0.493 e. The highest BCUT2D eigenvalue weighted by atomic mass is 79.9. The van der Waals surface area contributed by atoms with Gasteiger partial charge in [0.05, 0.1) is 25.2 Å². The average Bonchev–Trinajstić information content (AvgIpc) is 2.98. The number of nitrogens with zero attached hydrogens (tertiary/aromatic N) is 2. The second-order valence-electron chi connectivity index (χ2n) is 4.73. The fourth-order valence-electron chi connectivity index (χ4n) is 2.43. The van der Waals surface area contributed by atoms with E-state index in [9.17, 15) is 0 Å². The standard InChI is InChI=1S/C14H16BrN3O/c15-12-5-10-2-4-19-14(10)11(6-12)7-18-8-13(1-3-16)17-9-18/h5-6,8-9H,1-4,7,16H2. The summed E-state index contributed by atoms with van der Waals surface area (Å²) in [5, 5.41) is 0. The number of fused-ring (bicyclic) bond motifs is 1. The molecule has 0 bridgehead atoms. The molecule has 5 heteroatoms. The Bertz CT molecular complexity index is 594. The quantitative estimate of drug-likeness (QED) is 0.938. The van der Waals surface area contributed by atoms with Crippen LogP contribution in [0.2, 0.25) is 0 Å². The third kappa shape index (κ3) is 2.67. The third-order valence-electron chi connectivity index (χ3n) is 3.27. The summed E-state index contributed by atoms with van der Waals surface area (Å²) >= 11 is 3.56. The Kier molecular flexibility index (Phi) is 3.57. The van der Waals surface area contributed by atoms with Gasteiger partial charge in [-0.15, -0.1) is 0 Å². The molecule has 0 radical (unpaired) electrons. The Labute approximate surface area is 120 Å². The van der Waals surface area contributed by atoms with Crippen molar-refractivity contribution in [1.82, 2.24) is 9.55 Å². The van der Waals surface area contributed by atoms with Gasteiger partial charge in [-0.2, -0.15) is 0 Å². The lowest BCUT2D eigenvalue weighted by atomic mass is 10.1. The number of ether oxygens (including phenoxy) is 1. The molecule has 100 valence electrons. The monoisotopic (exact) mass is 321 g/mol. The topological polar surface area (TPSA) is 53.1 Å². The number of benzene rings is 1. The second kappa shape index (κ2) is 5.35. The smallest absolute Gasteiger partial charge is 0.127 e. The van der Waals surface area contributed by atoms with Crippen LogP contribution in [0.25, 0.3) is 0 Å². The fraction of sp³-hybridized carbons (Fsp3) is 0.357. The van der Waals surface area contributed by atoms with E-state index < -0.39 is 0 Å². The highest BCUT2D eigenvalue weighted by molar-refractivity contribution is 9.10. The second-order valence-corrected chi connectivity index (χ2v) is 5.64. The maximum absolute atomic E-state index is 5.74. The molecule has 0 saturated carbocycles. The summed E-state index contributed by atoms with van der Waals surface area (Å²) in [5.41, 5.74) is 9.05. The first-order valence-electron chi connectivity index (χ1n) is 6.41. The van der Waals surface area contributed by atoms with Crippen LogP contribution in [0.5, 0.6) is 5.75 Å². The van der Waals surface area contributed by atoms with Crippen LogP contribution in [-0.4, -0.2) is 22.7 Å². The molecular weight excluding hydrogens is 306 g/mol. The van der Waals surface area contributed by atoms with Crippen molar-refractivity contribution in [1.29, 1.82) is 0 Å². The lowest BCUT2D eigenvalue weighted by Gasteiger charge is -2.09.